The molecule has 1 heterocycles. The Bertz CT molecular complexity index is 628. The summed E-state index contributed by atoms with van der Waals surface area (Å²) in [6, 6.07) is 8.19. The van der Waals surface area contributed by atoms with Gasteiger partial charge in [0.1, 0.15) is 0 Å². The fraction of sp³-hybridized carbons (Fsp3) is 0.667. The third kappa shape index (κ3) is 3.51. The van der Waals surface area contributed by atoms with Crippen LogP contribution in [0.25, 0.3) is 0 Å². The topological polar surface area (TPSA) is 64.4 Å². The van der Waals surface area contributed by atoms with Gasteiger partial charge < -0.3 is 15.8 Å². The second kappa shape index (κ2) is 7.49. The van der Waals surface area contributed by atoms with Gasteiger partial charge in [0, 0.05) is 30.2 Å². The molecule has 2 saturated carbocycles. The molecule has 3 fully saturated rings. The van der Waals surface area contributed by atoms with Crippen LogP contribution in [0, 0.1) is 17.8 Å². The van der Waals surface area contributed by atoms with Gasteiger partial charge in [-0.3, -0.25) is 4.79 Å². The molecule has 1 aromatic carbocycles. The van der Waals surface area contributed by atoms with Gasteiger partial charge in [0.15, 0.2) is 0 Å². The number of rotatable bonds is 3. The summed E-state index contributed by atoms with van der Waals surface area (Å²) in [6.45, 7) is 1.34. The van der Waals surface area contributed by atoms with Crippen LogP contribution in [0.4, 0.5) is 0 Å². The van der Waals surface area contributed by atoms with Gasteiger partial charge in [-0.25, -0.2) is 0 Å². The molecule has 2 atom stereocenters. The number of carbonyl (C=O) groups excluding carboxylic acids is 1. The molecule has 2 bridgehead atoms. The molecule has 26 heavy (non-hydrogen) atoms. The number of hydrogen-bond donors (Lipinski definition) is 2. The summed E-state index contributed by atoms with van der Waals surface area (Å²) in [7, 11) is 0. The van der Waals surface area contributed by atoms with Crippen LogP contribution in [0.2, 0.25) is 5.02 Å². The maximum atomic E-state index is 13.2. The fourth-order valence-electron chi connectivity index (χ4n) is 5.32. The second-order valence-corrected chi connectivity index (χ2v) is 8.82. The first-order chi connectivity index (χ1) is 12.6. The maximum Gasteiger partial charge on any atom is 0.223 e. The quantitative estimate of drug-likeness (QED) is 0.846. The summed E-state index contributed by atoms with van der Waals surface area (Å²) in [6.07, 6.45) is 7.12. The standard InChI is InChI=1S/C21H29ClN2O2/c22-18-6-4-17(5-7-18)21(8-10-26-11-9-21)24-20(25)16-12-14-2-1-3-15(13-16)19(14)23/h4-7,14-16,19H,1-3,8-13,23H2,(H,24,25). The first-order valence-corrected chi connectivity index (χ1v) is 10.4. The van der Waals surface area contributed by atoms with Gasteiger partial charge in [-0.2, -0.15) is 0 Å². The first kappa shape index (κ1) is 18.3. The van der Waals surface area contributed by atoms with Crippen molar-refractivity contribution in [3.63, 3.8) is 0 Å². The lowest BCUT2D eigenvalue weighted by Crippen LogP contribution is -2.54. The molecule has 3 aliphatic rings. The summed E-state index contributed by atoms with van der Waals surface area (Å²) in [5.41, 5.74) is 7.19. The molecule has 1 aliphatic heterocycles. The van der Waals surface area contributed by atoms with E-state index in [2.05, 4.69) is 5.32 Å². The monoisotopic (exact) mass is 376 g/mol. The van der Waals surface area contributed by atoms with E-state index in [9.17, 15) is 4.79 Å². The highest BCUT2D eigenvalue weighted by Crippen LogP contribution is 2.42. The average Bonchev–Trinajstić information content (AvgIpc) is 2.62. The van der Waals surface area contributed by atoms with Crippen molar-refractivity contribution >= 4 is 17.5 Å². The number of carbonyl (C=O) groups is 1. The van der Waals surface area contributed by atoms with Crippen molar-refractivity contribution in [1.29, 1.82) is 0 Å². The third-order valence-electron chi connectivity index (χ3n) is 6.89. The van der Waals surface area contributed by atoms with E-state index in [0.29, 0.717) is 31.1 Å². The minimum Gasteiger partial charge on any atom is -0.381 e. The summed E-state index contributed by atoms with van der Waals surface area (Å²) in [5, 5.41) is 4.16. The van der Waals surface area contributed by atoms with E-state index in [1.807, 2.05) is 24.3 Å². The highest BCUT2D eigenvalue weighted by atomic mass is 35.5. The lowest BCUT2D eigenvalue weighted by molar-refractivity contribution is -0.131. The van der Waals surface area contributed by atoms with Gasteiger partial charge in [0.05, 0.1) is 5.54 Å². The van der Waals surface area contributed by atoms with Gasteiger partial charge >= 0.3 is 0 Å². The Hall–Kier alpha value is -1.10. The number of hydrogen-bond acceptors (Lipinski definition) is 3. The van der Waals surface area contributed by atoms with E-state index in [1.165, 1.54) is 19.3 Å². The molecule has 4 rings (SSSR count). The van der Waals surface area contributed by atoms with Gasteiger partial charge in [-0.05, 0) is 68.1 Å². The molecule has 2 aliphatic carbocycles. The highest BCUT2D eigenvalue weighted by molar-refractivity contribution is 6.30. The number of halogens is 1. The predicted octanol–water partition coefficient (Wildman–Crippen LogP) is 3.62. The van der Waals surface area contributed by atoms with Crippen LogP contribution in [0.3, 0.4) is 0 Å². The van der Waals surface area contributed by atoms with E-state index in [0.717, 1.165) is 36.3 Å². The van der Waals surface area contributed by atoms with Crippen LogP contribution in [-0.4, -0.2) is 25.2 Å². The van der Waals surface area contributed by atoms with Crippen LogP contribution in [0.15, 0.2) is 24.3 Å². The largest absolute Gasteiger partial charge is 0.381 e. The van der Waals surface area contributed by atoms with E-state index >= 15 is 0 Å². The molecule has 142 valence electrons. The van der Waals surface area contributed by atoms with Gasteiger partial charge in [0.25, 0.3) is 0 Å². The van der Waals surface area contributed by atoms with Crippen molar-refractivity contribution in [3.8, 4) is 0 Å². The Labute approximate surface area is 160 Å². The number of nitrogens with two attached hydrogens (primary N) is 1. The molecule has 3 N–H and O–H groups in total. The number of benzene rings is 1. The number of nitrogens with one attached hydrogen (secondary N) is 1. The van der Waals surface area contributed by atoms with Crippen molar-refractivity contribution in [2.75, 3.05) is 13.2 Å². The van der Waals surface area contributed by atoms with Crippen LogP contribution in [0.5, 0.6) is 0 Å². The first-order valence-electron chi connectivity index (χ1n) is 9.99. The van der Waals surface area contributed by atoms with E-state index in [4.69, 9.17) is 22.1 Å². The summed E-state index contributed by atoms with van der Waals surface area (Å²) < 4.78 is 5.58. The molecule has 1 amide bonds. The van der Waals surface area contributed by atoms with Crippen LogP contribution in [0.1, 0.15) is 50.5 Å². The van der Waals surface area contributed by atoms with E-state index < -0.39 is 0 Å². The van der Waals surface area contributed by atoms with Crippen molar-refractivity contribution in [2.24, 2.45) is 23.5 Å². The molecular formula is C21H29ClN2O2. The Kier molecular flexibility index (Phi) is 5.27. The lowest BCUT2D eigenvalue weighted by atomic mass is 9.64. The number of amides is 1. The number of fused-ring (bicyclic) bond motifs is 2. The Morgan fingerprint density at radius 1 is 1.12 bits per heavy atom. The van der Waals surface area contributed by atoms with Crippen molar-refractivity contribution in [2.45, 2.75) is 56.5 Å². The van der Waals surface area contributed by atoms with Gasteiger partial charge in [-0.15, -0.1) is 0 Å². The molecule has 1 saturated heterocycles. The minimum absolute atomic E-state index is 0.0946. The molecule has 4 nitrogen and oxygen atoms in total. The van der Waals surface area contributed by atoms with Crippen LogP contribution >= 0.6 is 11.6 Å². The Balaban J connectivity index is 1.52. The fourth-order valence-corrected chi connectivity index (χ4v) is 5.44. The zero-order valence-corrected chi connectivity index (χ0v) is 16.0. The molecule has 0 aromatic heterocycles. The predicted molar refractivity (Wildman–Crippen MR) is 103 cm³/mol. The second-order valence-electron chi connectivity index (χ2n) is 8.39. The molecule has 0 radical (unpaired) electrons. The Morgan fingerprint density at radius 2 is 1.73 bits per heavy atom. The average molecular weight is 377 g/mol. The summed E-state index contributed by atoms with van der Waals surface area (Å²) >= 11 is 6.07. The van der Waals surface area contributed by atoms with E-state index in [-0.39, 0.29) is 17.4 Å². The Morgan fingerprint density at radius 3 is 2.35 bits per heavy atom. The molecule has 2 unspecified atom stereocenters. The lowest BCUT2D eigenvalue weighted by Gasteiger charge is -2.45. The minimum atomic E-state index is -0.339. The van der Waals surface area contributed by atoms with Crippen molar-refractivity contribution < 1.29 is 9.53 Å². The summed E-state index contributed by atoms with van der Waals surface area (Å²) in [5.74, 6) is 1.32. The normalized spacial score (nSPS) is 33.5. The number of ether oxygens (including phenoxy) is 1. The summed E-state index contributed by atoms with van der Waals surface area (Å²) in [4.78, 5) is 13.2. The van der Waals surface area contributed by atoms with Gasteiger partial charge in [0.2, 0.25) is 5.91 Å². The molecule has 0 spiro atoms. The van der Waals surface area contributed by atoms with E-state index in [1.54, 1.807) is 0 Å². The zero-order chi connectivity index (χ0) is 18.1. The zero-order valence-electron chi connectivity index (χ0n) is 15.3. The smallest absolute Gasteiger partial charge is 0.223 e. The molecule has 1 aromatic rings. The molecule has 5 heteroatoms. The van der Waals surface area contributed by atoms with Crippen molar-refractivity contribution in [1.82, 2.24) is 5.32 Å². The van der Waals surface area contributed by atoms with Gasteiger partial charge in [-0.1, -0.05) is 30.2 Å². The SMILES string of the molecule is NC1C2CCCC1CC(C(=O)NC1(c3ccc(Cl)cc3)CCOCC1)C2. The highest BCUT2D eigenvalue weighted by Gasteiger charge is 2.43. The van der Waals surface area contributed by atoms with Crippen LogP contribution < -0.4 is 11.1 Å². The molecular weight excluding hydrogens is 348 g/mol. The maximum absolute atomic E-state index is 13.2. The van der Waals surface area contributed by atoms with Crippen LogP contribution in [-0.2, 0) is 15.1 Å². The van der Waals surface area contributed by atoms with Crippen molar-refractivity contribution in [3.05, 3.63) is 34.9 Å². The third-order valence-corrected chi connectivity index (χ3v) is 7.14.